The maximum atomic E-state index is 8.69. The predicted molar refractivity (Wildman–Crippen MR) is 39.0 cm³/mol. The molecule has 0 aliphatic carbocycles. The lowest BCUT2D eigenvalue weighted by atomic mass is 10.3. The quantitative estimate of drug-likeness (QED) is 0.680. The molecule has 0 amide bonds. The molecule has 0 aliphatic rings. The third-order valence-electron chi connectivity index (χ3n) is 1.05. The van der Waals surface area contributed by atoms with Crippen molar-refractivity contribution in [1.29, 1.82) is 0 Å². The van der Waals surface area contributed by atoms with Crippen LogP contribution in [0.1, 0.15) is 2.74 Å². The van der Waals surface area contributed by atoms with Crippen LogP contribution in [0.4, 0.5) is 0 Å². The summed E-state index contributed by atoms with van der Waals surface area (Å²) < 4.78 is 18.5. The lowest BCUT2D eigenvalue weighted by Crippen LogP contribution is -2.00. The molecule has 0 unspecified atom stereocenters. The van der Waals surface area contributed by atoms with E-state index >= 15 is 0 Å². The number of benzene rings is 1. The maximum absolute atomic E-state index is 8.69. The van der Waals surface area contributed by atoms with Crippen molar-refractivity contribution in [3.63, 3.8) is 0 Å². The normalized spacial score (nSPS) is 13.7. The first-order valence-corrected chi connectivity index (χ1v) is 2.98. The van der Waals surface area contributed by atoms with Gasteiger partial charge in [-0.3, -0.25) is 0 Å². The van der Waals surface area contributed by atoms with Crippen molar-refractivity contribution in [3.8, 4) is 5.75 Å². The van der Waals surface area contributed by atoms with Crippen molar-refractivity contribution in [2.75, 3.05) is 13.2 Å². The van der Waals surface area contributed by atoms with Crippen molar-refractivity contribution in [1.82, 2.24) is 0 Å². The molecule has 2 heteroatoms. The topological polar surface area (TPSA) is 29.5 Å². The number of ether oxygens (including phenoxy) is 1. The van der Waals surface area contributed by atoms with Crippen LogP contribution >= 0.6 is 0 Å². The molecule has 1 aromatic carbocycles. The Labute approximate surface area is 62.9 Å². The number of para-hydroxylation sites is 1. The second-order valence-electron chi connectivity index (χ2n) is 1.76. The Morgan fingerprint density at radius 3 is 2.70 bits per heavy atom. The molecule has 0 fully saturated rings. The van der Waals surface area contributed by atoms with Gasteiger partial charge in [-0.05, 0) is 12.1 Å². The molecule has 10 heavy (non-hydrogen) atoms. The van der Waals surface area contributed by atoms with Gasteiger partial charge in [0.05, 0.1) is 9.30 Å². The van der Waals surface area contributed by atoms with Gasteiger partial charge in [0, 0.05) is 0 Å². The van der Waals surface area contributed by atoms with E-state index in [1.165, 1.54) is 0 Å². The van der Waals surface area contributed by atoms with Crippen LogP contribution in [0.25, 0.3) is 0 Å². The third kappa shape index (κ3) is 2.07. The number of rotatable bonds is 3. The van der Waals surface area contributed by atoms with Gasteiger partial charge in [-0.1, -0.05) is 18.2 Å². The molecule has 0 saturated carbocycles. The van der Waals surface area contributed by atoms with Gasteiger partial charge >= 0.3 is 0 Å². The third-order valence-corrected chi connectivity index (χ3v) is 1.05. The van der Waals surface area contributed by atoms with Crippen LogP contribution in [0.5, 0.6) is 5.75 Å². The molecular formula is C8H10O2. The summed E-state index contributed by atoms with van der Waals surface area (Å²) in [5.74, 6) is 0.551. The summed E-state index contributed by atoms with van der Waals surface area (Å²) in [5.41, 5.74) is 0. The fourth-order valence-corrected chi connectivity index (χ4v) is 0.632. The van der Waals surface area contributed by atoms with Crippen LogP contribution in [0.3, 0.4) is 0 Å². The van der Waals surface area contributed by atoms with Crippen LogP contribution in [0.15, 0.2) is 30.3 Å². The molecule has 0 heterocycles. The smallest absolute Gasteiger partial charge is 0.119 e. The molecule has 0 spiro atoms. The second kappa shape index (κ2) is 3.90. The van der Waals surface area contributed by atoms with Crippen LogP contribution in [-0.4, -0.2) is 18.3 Å². The van der Waals surface area contributed by atoms with Crippen LogP contribution in [-0.2, 0) is 0 Å². The van der Waals surface area contributed by atoms with Crippen LogP contribution in [0, 0.1) is 0 Å². The Hall–Kier alpha value is -1.02. The number of hydrogen-bond donors (Lipinski definition) is 1. The highest BCUT2D eigenvalue weighted by Crippen LogP contribution is 2.06. The van der Waals surface area contributed by atoms with E-state index in [0.29, 0.717) is 5.75 Å². The molecule has 0 bridgehead atoms. The zero-order chi connectivity index (χ0) is 9.03. The molecule has 54 valence electrons. The maximum Gasteiger partial charge on any atom is 0.119 e. The Kier molecular flexibility index (Phi) is 1.85. The van der Waals surface area contributed by atoms with E-state index in [4.69, 9.17) is 12.6 Å². The van der Waals surface area contributed by atoms with Gasteiger partial charge in [0.15, 0.2) is 0 Å². The first kappa shape index (κ1) is 4.74. The van der Waals surface area contributed by atoms with E-state index in [0.717, 1.165) is 0 Å². The zero-order valence-corrected chi connectivity index (χ0v) is 5.45. The Morgan fingerprint density at radius 1 is 1.40 bits per heavy atom. The van der Waals surface area contributed by atoms with Gasteiger partial charge in [0.1, 0.15) is 12.4 Å². The minimum Gasteiger partial charge on any atom is -0.491 e. The minimum absolute atomic E-state index is 0.350. The van der Waals surface area contributed by atoms with Crippen LogP contribution < -0.4 is 4.74 Å². The summed E-state index contributed by atoms with van der Waals surface area (Å²) in [4.78, 5) is 0. The van der Waals surface area contributed by atoms with Gasteiger partial charge in [-0.2, -0.15) is 0 Å². The lowest BCUT2D eigenvalue weighted by Gasteiger charge is -2.01. The van der Waals surface area contributed by atoms with Crippen molar-refractivity contribution in [2.24, 2.45) is 0 Å². The molecule has 0 aliphatic heterocycles. The molecule has 2 nitrogen and oxygen atoms in total. The van der Waals surface area contributed by atoms with Crippen molar-refractivity contribution >= 4 is 0 Å². The molecule has 1 aromatic rings. The van der Waals surface area contributed by atoms with Gasteiger partial charge in [-0.15, -0.1) is 0 Å². The Balaban J connectivity index is 2.44. The van der Waals surface area contributed by atoms with Crippen molar-refractivity contribution < 1.29 is 12.6 Å². The van der Waals surface area contributed by atoms with Crippen LogP contribution in [0.2, 0.25) is 0 Å². The molecule has 0 saturated heterocycles. The molecular weight excluding hydrogens is 128 g/mol. The van der Waals surface area contributed by atoms with Crippen molar-refractivity contribution in [3.05, 3.63) is 30.3 Å². The standard InChI is InChI=1S/C8H10O2/c9-6-7-10-8-4-2-1-3-5-8/h1-5,9H,6-7H2/i6D2. The summed E-state index contributed by atoms with van der Waals surface area (Å²) in [6.45, 7) is -2.62. The molecule has 1 rings (SSSR count). The fraction of sp³-hybridized carbons (Fsp3) is 0.250. The Bertz CT molecular complexity index is 231. The second-order valence-corrected chi connectivity index (χ2v) is 1.76. The van der Waals surface area contributed by atoms with E-state index in [-0.39, 0.29) is 6.61 Å². The SMILES string of the molecule is [2H]C([2H])(O)COc1ccccc1. The summed E-state index contributed by atoms with van der Waals surface area (Å²) in [5, 5.41) is 8.69. The van der Waals surface area contributed by atoms with Crippen molar-refractivity contribution in [2.45, 2.75) is 0 Å². The van der Waals surface area contributed by atoms with E-state index in [9.17, 15) is 0 Å². The first-order chi connectivity index (χ1) is 5.58. The summed E-state index contributed by atoms with van der Waals surface area (Å²) >= 11 is 0. The Morgan fingerprint density at radius 2 is 2.10 bits per heavy atom. The largest absolute Gasteiger partial charge is 0.491 e. The van der Waals surface area contributed by atoms with E-state index in [2.05, 4.69) is 0 Å². The average Bonchev–Trinajstić information content (AvgIpc) is 2.02. The van der Waals surface area contributed by atoms with Gasteiger partial charge in [0.2, 0.25) is 0 Å². The number of hydrogen-bond acceptors (Lipinski definition) is 2. The number of aliphatic hydroxyl groups is 1. The van der Waals surface area contributed by atoms with E-state index in [1.807, 2.05) is 6.07 Å². The average molecular weight is 140 g/mol. The molecule has 0 atom stereocenters. The van der Waals surface area contributed by atoms with E-state index in [1.54, 1.807) is 24.3 Å². The van der Waals surface area contributed by atoms with Gasteiger partial charge in [0.25, 0.3) is 0 Å². The summed E-state index contributed by atoms with van der Waals surface area (Å²) in [6.07, 6.45) is 0. The first-order valence-electron chi connectivity index (χ1n) is 3.98. The molecule has 0 aromatic heterocycles. The molecule has 0 radical (unpaired) electrons. The zero-order valence-electron chi connectivity index (χ0n) is 7.45. The lowest BCUT2D eigenvalue weighted by molar-refractivity contribution is 0.201. The fourth-order valence-electron chi connectivity index (χ4n) is 0.632. The van der Waals surface area contributed by atoms with Gasteiger partial charge < -0.3 is 9.84 Å². The van der Waals surface area contributed by atoms with Gasteiger partial charge in [-0.25, -0.2) is 0 Å². The highest BCUT2D eigenvalue weighted by molar-refractivity contribution is 5.20. The monoisotopic (exact) mass is 140 g/mol. The highest BCUT2D eigenvalue weighted by atomic mass is 16.5. The minimum atomic E-state index is -2.27. The highest BCUT2D eigenvalue weighted by Gasteiger charge is 1.86. The predicted octanol–water partition coefficient (Wildman–Crippen LogP) is 1.06. The summed E-state index contributed by atoms with van der Waals surface area (Å²) in [6, 6.07) is 8.79. The summed E-state index contributed by atoms with van der Waals surface area (Å²) in [7, 11) is 0. The van der Waals surface area contributed by atoms with E-state index < -0.39 is 6.56 Å². The molecule has 1 N–H and O–H groups in total.